The first-order chi connectivity index (χ1) is 7.98. The lowest BCUT2D eigenvalue weighted by Crippen LogP contribution is -2.48. The third-order valence-electron chi connectivity index (χ3n) is 3.16. The van der Waals surface area contributed by atoms with Gasteiger partial charge >= 0.3 is 0 Å². The molecule has 1 fully saturated rings. The number of likely N-dealkylation sites (tertiary alicyclic amines) is 1. The summed E-state index contributed by atoms with van der Waals surface area (Å²) in [7, 11) is 0. The normalized spacial score (nSPS) is 21.0. The highest BCUT2D eigenvalue weighted by molar-refractivity contribution is 5.79. The summed E-state index contributed by atoms with van der Waals surface area (Å²) in [5, 5.41) is 19.3. The van der Waals surface area contributed by atoms with Crippen LogP contribution < -0.4 is 0 Å². The lowest BCUT2D eigenvalue weighted by molar-refractivity contribution is -0.190. The Balaban J connectivity index is 2.15. The van der Waals surface area contributed by atoms with Gasteiger partial charge in [0.15, 0.2) is 5.79 Å². The lowest BCUT2D eigenvalue weighted by Gasteiger charge is -2.32. The molecule has 0 bridgehead atoms. The molecule has 1 aliphatic heterocycles. The van der Waals surface area contributed by atoms with Gasteiger partial charge in [0.1, 0.15) is 0 Å². The Morgan fingerprint density at radius 3 is 2.59 bits per heavy atom. The third-order valence-corrected chi connectivity index (χ3v) is 3.16. The van der Waals surface area contributed by atoms with Gasteiger partial charge in [0, 0.05) is 13.0 Å². The number of hydrogen-bond acceptors (Lipinski definition) is 3. The molecule has 0 saturated carbocycles. The van der Waals surface area contributed by atoms with Crippen LogP contribution in [0.4, 0.5) is 0 Å². The average molecular weight is 235 g/mol. The predicted molar refractivity (Wildman–Crippen MR) is 62.9 cm³/mol. The SMILES string of the molecule is CC(O)(O)C1CCC(=O)N1Cc1ccccc1. The molecule has 0 aromatic heterocycles. The van der Waals surface area contributed by atoms with Gasteiger partial charge in [0.05, 0.1) is 6.04 Å². The quantitative estimate of drug-likeness (QED) is 0.764. The number of benzene rings is 1. The topological polar surface area (TPSA) is 60.8 Å². The van der Waals surface area contributed by atoms with Crippen molar-refractivity contribution in [2.24, 2.45) is 0 Å². The van der Waals surface area contributed by atoms with Crippen LogP contribution in [0, 0.1) is 0 Å². The van der Waals surface area contributed by atoms with E-state index in [0.717, 1.165) is 5.56 Å². The van der Waals surface area contributed by atoms with E-state index in [0.29, 0.717) is 19.4 Å². The smallest absolute Gasteiger partial charge is 0.223 e. The summed E-state index contributed by atoms with van der Waals surface area (Å²) in [6, 6.07) is 9.05. The van der Waals surface area contributed by atoms with Crippen molar-refractivity contribution in [3.8, 4) is 0 Å². The van der Waals surface area contributed by atoms with E-state index in [4.69, 9.17) is 0 Å². The summed E-state index contributed by atoms with van der Waals surface area (Å²) in [5.41, 5.74) is 0.997. The molecule has 4 nitrogen and oxygen atoms in total. The van der Waals surface area contributed by atoms with Crippen molar-refractivity contribution in [2.45, 2.75) is 38.1 Å². The number of rotatable bonds is 3. The fourth-order valence-electron chi connectivity index (χ4n) is 2.28. The monoisotopic (exact) mass is 235 g/mol. The molecule has 0 aliphatic carbocycles. The van der Waals surface area contributed by atoms with Gasteiger partial charge in [-0.15, -0.1) is 0 Å². The summed E-state index contributed by atoms with van der Waals surface area (Å²) in [4.78, 5) is 13.3. The largest absolute Gasteiger partial charge is 0.364 e. The van der Waals surface area contributed by atoms with Crippen LogP contribution in [-0.2, 0) is 11.3 Å². The summed E-state index contributed by atoms with van der Waals surface area (Å²) in [6.45, 7) is 1.76. The third kappa shape index (κ3) is 2.65. The molecule has 1 atom stereocenters. The van der Waals surface area contributed by atoms with Crippen molar-refractivity contribution < 1.29 is 15.0 Å². The molecule has 2 rings (SSSR count). The van der Waals surface area contributed by atoms with E-state index < -0.39 is 11.8 Å². The molecule has 92 valence electrons. The first kappa shape index (κ1) is 12.1. The maximum absolute atomic E-state index is 11.7. The predicted octanol–water partition coefficient (Wildman–Crippen LogP) is 0.878. The van der Waals surface area contributed by atoms with Gasteiger partial charge in [-0.25, -0.2) is 0 Å². The molecule has 1 unspecified atom stereocenters. The van der Waals surface area contributed by atoms with Crippen LogP contribution in [0.5, 0.6) is 0 Å². The number of carbonyl (C=O) groups is 1. The molecular weight excluding hydrogens is 218 g/mol. The van der Waals surface area contributed by atoms with E-state index in [1.807, 2.05) is 30.3 Å². The van der Waals surface area contributed by atoms with E-state index in [1.54, 1.807) is 4.90 Å². The molecule has 1 aromatic rings. The Hall–Kier alpha value is -1.39. The van der Waals surface area contributed by atoms with Crippen molar-refractivity contribution in [2.75, 3.05) is 0 Å². The van der Waals surface area contributed by atoms with Gasteiger partial charge in [-0.2, -0.15) is 0 Å². The van der Waals surface area contributed by atoms with Crippen LogP contribution in [0.3, 0.4) is 0 Å². The molecule has 0 spiro atoms. The summed E-state index contributed by atoms with van der Waals surface area (Å²) in [6.07, 6.45) is 0.878. The summed E-state index contributed by atoms with van der Waals surface area (Å²) < 4.78 is 0. The van der Waals surface area contributed by atoms with Crippen LogP contribution >= 0.6 is 0 Å². The van der Waals surface area contributed by atoms with Gasteiger partial charge in [-0.1, -0.05) is 30.3 Å². The van der Waals surface area contributed by atoms with Crippen LogP contribution in [0.25, 0.3) is 0 Å². The second kappa shape index (κ2) is 4.47. The highest BCUT2D eigenvalue weighted by Gasteiger charge is 2.41. The van der Waals surface area contributed by atoms with Crippen molar-refractivity contribution in [1.29, 1.82) is 0 Å². The highest BCUT2D eigenvalue weighted by atomic mass is 16.5. The van der Waals surface area contributed by atoms with Crippen LogP contribution in [-0.4, -0.2) is 32.8 Å². The molecular formula is C13H17NO3. The minimum atomic E-state index is -1.83. The van der Waals surface area contributed by atoms with E-state index in [9.17, 15) is 15.0 Å². The average Bonchev–Trinajstić information content (AvgIpc) is 2.62. The second-order valence-corrected chi connectivity index (χ2v) is 4.66. The highest BCUT2D eigenvalue weighted by Crippen LogP contribution is 2.27. The van der Waals surface area contributed by atoms with Gasteiger partial charge in [-0.3, -0.25) is 4.79 Å². The minimum absolute atomic E-state index is 0.0202. The number of carbonyl (C=O) groups excluding carboxylic acids is 1. The molecule has 17 heavy (non-hydrogen) atoms. The Morgan fingerprint density at radius 2 is 2.00 bits per heavy atom. The number of aliphatic hydroxyl groups is 2. The second-order valence-electron chi connectivity index (χ2n) is 4.66. The summed E-state index contributed by atoms with van der Waals surface area (Å²) >= 11 is 0. The summed E-state index contributed by atoms with van der Waals surface area (Å²) in [5.74, 6) is -1.85. The van der Waals surface area contributed by atoms with Crippen molar-refractivity contribution in [3.05, 3.63) is 35.9 Å². The van der Waals surface area contributed by atoms with Crippen molar-refractivity contribution in [3.63, 3.8) is 0 Å². The zero-order chi connectivity index (χ0) is 12.5. The van der Waals surface area contributed by atoms with E-state index >= 15 is 0 Å². The minimum Gasteiger partial charge on any atom is -0.364 e. The first-order valence-corrected chi connectivity index (χ1v) is 5.76. The Labute approximate surface area is 100 Å². The van der Waals surface area contributed by atoms with Gasteiger partial charge in [0.2, 0.25) is 5.91 Å². The molecule has 1 aliphatic rings. The molecule has 1 aromatic carbocycles. The molecule has 1 heterocycles. The van der Waals surface area contributed by atoms with Crippen LogP contribution in [0.1, 0.15) is 25.3 Å². The van der Waals surface area contributed by atoms with Crippen LogP contribution in [0.15, 0.2) is 30.3 Å². The fraction of sp³-hybridized carbons (Fsp3) is 0.462. The van der Waals surface area contributed by atoms with Gasteiger partial charge < -0.3 is 15.1 Å². The molecule has 1 saturated heterocycles. The molecule has 0 radical (unpaired) electrons. The fourth-order valence-corrected chi connectivity index (χ4v) is 2.28. The number of nitrogens with zero attached hydrogens (tertiary/aromatic N) is 1. The standard InChI is InChI=1S/C13H17NO3/c1-13(16,17)11-7-8-12(15)14(11)9-10-5-3-2-4-6-10/h2-6,11,16-17H,7-9H2,1H3. The van der Waals surface area contributed by atoms with Crippen molar-refractivity contribution >= 4 is 5.91 Å². The molecule has 2 N–H and O–H groups in total. The van der Waals surface area contributed by atoms with E-state index in [-0.39, 0.29) is 5.91 Å². The zero-order valence-electron chi connectivity index (χ0n) is 9.84. The Morgan fingerprint density at radius 1 is 1.35 bits per heavy atom. The molecule has 4 heteroatoms. The maximum Gasteiger partial charge on any atom is 0.223 e. The Kier molecular flexibility index (Phi) is 3.17. The maximum atomic E-state index is 11.7. The van der Waals surface area contributed by atoms with Gasteiger partial charge in [0.25, 0.3) is 0 Å². The lowest BCUT2D eigenvalue weighted by atomic mass is 10.1. The van der Waals surface area contributed by atoms with Gasteiger partial charge in [-0.05, 0) is 18.9 Å². The number of hydrogen-bond donors (Lipinski definition) is 2. The Bertz CT molecular complexity index is 397. The van der Waals surface area contributed by atoms with Crippen LogP contribution in [0.2, 0.25) is 0 Å². The van der Waals surface area contributed by atoms with E-state index in [1.165, 1.54) is 6.92 Å². The molecule has 1 amide bonds. The zero-order valence-corrected chi connectivity index (χ0v) is 9.84. The number of amides is 1. The first-order valence-electron chi connectivity index (χ1n) is 5.76. The van der Waals surface area contributed by atoms with E-state index in [2.05, 4.69) is 0 Å². The van der Waals surface area contributed by atoms with Crippen molar-refractivity contribution in [1.82, 2.24) is 4.90 Å².